The van der Waals surface area contributed by atoms with Crippen molar-refractivity contribution in [3.8, 4) is 0 Å². The molecule has 2 heterocycles. The average molecular weight is 253 g/mol. The second-order valence-electron chi connectivity index (χ2n) is 6.18. The van der Waals surface area contributed by atoms with Crippen molar-refractivity contribution < 1.29 is 4.79 Å². The van der Waals surface area contributed by atoms with Gasteiger partial charge in [-0.05, 0) is 39.0 Å². The smallest absolute Gasteiger partial charge is 0.240 e. The van der Waals surface area contributed by atoms with Crippen LogP contribution in [-0.4, -0.2) is 53.5 Å². The normalized spacial score (nSPS) is 32.3. The Bertz CT molecular complexity index is 297. The van der Waals surface area contributed by atoms with E-state index in [0.29, 0.717) is 18.0 Å². The van der Waals surface area contributed by atoms with E-state index >= 15 is 0 Å². The second kappa shape index (κ2) is 5.57. The van der Waals surface area contributed by atoms with E-state index in [1.54, 1.807) is 0 Å². The number of rotatable bonds is 2. The van der Waals surface area contributed by atoms with Crippen molar-refractivity contribution in [2.24, 2.45) is 11.7 Å². The van der Waals surface area contributed by atoms with Gasteiger partial charge in [-0.25, -0.2) is 0 Å². The molecule has 2 rings (SSSR count). The van der Waals surface area contributed by atoms with Crippen molar-refractivity contribution in [3.63, 3.8) is 0 Å². The lowest BCUT2D eigenvalue weighted by molar-refractivity contribution is -0.140. The molecule has 2 N–H and O–H groups in total. The van der Waals surface area contributed by atoms with E-state index in [1.165, 1.54) is 0 Å². The summed E-state index contributed by atoms with van der Waals surface area (Å²) in [5.74, 6) is 0.515. The third-order valence-electron chi connectivity index (χ3n) is 4.68. The van der Waals surface area contributed by atoms with E-state index in [0.717, 1.165) is 38.9 Å². The van der Waals surface area contributed by atoms with Crippen molar-refractivity contribution in [2.75, 3.05) is 19.6 Å². The zero-order valence-electron chi connectivity index (χ0n) is 11.9. The summed E-state index contributed by atoms with van der Waals surface area (Å²) in [6.45, 7) is 9.68. The molecule has 2 aliphatic rings. The fraction of sp³-hybridized carbons (Fsp3) is 0.929. The number of amides is 1. The SMILES string of the molecule is CC(C)N1CCC(N2CC[C@@H](C)[C@H](N)C2=O)CC1. The lowest BCUT2D eigenvalue weighted by Gasteiger charge is -2.44. The molecule has 2 fully saturated rings. The molecule has 0 bridgehead atoms. The molecule has 2 aliphatic heterocycles. The number of carbonyl (C=O) groups excluding carboxylic acids is 1. The van der Waals surface area contributed by atoms with Gasteiger partial charge in [0.1, 0.15) is 0 Å². The van der Waals surface area contributed by atoms with Gasteiger partial charge in [-0.15, -0.1) is 0 Å². The Hall–Kier alpha value is -0.610. The van der Waals surface area contributed by atoms with E-state index in [-0.39, 0.29) is 11.9 Å². The predicted octanol–water partition coefficient (Wildman–Crippen LogP) is 1.05. The van der Waals surface area contributed by atoms with Crippen LogP contribution in [0.5, 0.6) is 0 Å². The van der Waals surface area contributed by atoms with Crippen molar-refractivity contribution in [3.05, 3.63) is 0 Å². The summed E-state index contributed by atoms with van der Waals surface area (Å²) < 4.78 is 0. The van der Waals surface area contributed by atoms with Gasteiger partial charge in [-0.1, -0.05) is 6.92 Å². The van der Waals surface area contributed by atoms with Crippen LogP contribution in [0.2, 0.25) is 0 Å². The molecule has 0 aromatic heterocycles. The summed E-state index contributed by atoms with van der Waals surface area (Å²) in [6, 6.07) is 0.762. The molecule has 0 spiro atoms. The number of nitrogens with zero attached hydrogens (tertiary/aromatic N) is 2. The third-order valence-corrected chi connectivity index (χ3v) is 4.68. The van der Waals surface area contributed by atoms with Gasteiger partial charge in [0, 0.05) is 31.7 Å². The maximum absolute atomic E-state index is 12.2. The second-order valence-corrected chi connectivity index (χ2v) is 6.18. The Kier molecular flexibility index (Phi) is 4.28. The lowest BCUT2D eigenvalue weighted by Crippen LogP contribution is -2.58. The summed E-state index contributed by atoms with van der Waals surface area (Å²) in [6.07, 6.45) is 3.26. The van der Waals surface area contributed by atoms with Crippen LogP contribution in [-0.2, 0) is 4.79 Å². The van der Waals surface area contributed by atoms with E-state index in [4.69, 9.17) is 5.73 Å². The van der Waals surface area contributed by atoms with E-state index in [9.17, 15) is 4.79 Å². The van der Waals surface area contributed by atoms with Gasteiger partial charge in [-0.2, -0.15) is 0 Å². The van der Waals surface area contributed by atoms with Gasteiger partial charge in [-0.3, -0.25) is 4.79 Å². The zero-order valence-corrected chi connectivity index (χ0v) is 11.9. The summed E-state index contributed by atoms with van der Waals surface area (Å²) in [5, 5.41) is 0. The molecule has 0 unspecified atom stereocenters. The zero-order chi connectivity index (χ0) is 13.3. The van der Waals surface area contributed by atoms with Crippen LogP contribution in [0.15, 0.2) is 0 Å². The highest BCUT2D eigenvalue weighted by Crippen LogP contribution is 2.24. The molecule has 0 radical (unpaired) electrons. The minimum absolute atomic E-state index is 0.178. The average Bonchev–Trinajstić information content (AvgIpc) is 2.36. The highest BCUT2D eigenvalue weighted by Gasteiger charge is 2.36. The fourth-order valence-corrected chi connectivity index (χ4v) is 3.14. The van der Waals surface area contributed by atoms with Crippen LogP contribution in [0.25, 0.3) is 0 Å². The molecule has 2 atom stereocenters. The number of carbonyl (C=O) groups is 1. The topological polar surface area (TPSA) is 49.6 Å². The number of hydrogen-bond acceptors (Lipinski definition) is 3. The Morgan fingerprint density at radius 1 is 1.17 bits per heavy atom. The number of hydrogen-bond donors (Lipinski definition) is 1. The Balaban J connectivity index is 1.92. The summed E-state index contributed by atoms with van der Waals surface area (Å²) in [5.41, 5.74) is 5.99. The minimum atomic E-state index is -0.276. The van der Waals surface area contributed by atoms with Gasteiger partial charge in [0.05, 0.1) is 6.04 Å². The standard InChI is InChI=1S/C14H27N3O/c1-10(2)16-7-5-12(6-8-16)17-9-4-11(3)13(15)14(17)18/h10-13H,4-9,15H2,1-3H3/t11-,13+/m1/s1. The van der Waals surface area contributed by atoms with Gasteiger partial charge in [0.15, 0.2) is 0 Å². The highest BCUT2D eigenvalue weighted by atomic mass is 16.2. The summed E-state index contributed by atoms with van der Waals surface area (Å²) in [7, 11) is 0. The van der Waals surface area contributed by atoms with Gasteiger partial charge >= 0.3 is 0 Å². The molecule has 0 saturated carbocycles. The van der Waals surface area contributed by atoms with E-state index < -0.39 is 0 Å². The Morgan fingerprint density at radius 3 is 2.33 bits per heavy atom. The van der Waals surface area contributed by atoms with Gasteiger partial charge < -0.3 is 15.5 Å². The van der Waals surface area contributed by atoms with Crippen LogP contribution in [0.4, 0.5) is 0 Å². The first-order chi connectivity index (χ1) is 8.50. The molecule has 104 valence electrons. The van der Waals surface area contributed by atoms with Crippen LogP contribution < -0.4 is 5.73 Å². The van der Waals surface area contributed by atoms with Crippen molar-refractivity contribution in [1.82, 2.24) is 9.80 Å². The largest absolute Gasteiger partial charge is 0.338 e. The molecule has 0 aromatic carbocycles. The monoisotopic (exact) mass is 253 g/mol. The molecule has 18 heavy (non-hydrogen) atoms. The fourth-order valence-electron chi connectivity index (χ4n) is 3.14. The van der Waals surface area contributed by atoms with Gasteiger partial charge in [0.2, 0.25) is 5.91 Å². The number of piperidine rings is 2. The third kappa shape index (κ3) is 2.69. The molecule has 1 amide bonds. The van der Waals surface area contributed by atoms with Crippen LogP contribution in [0.3, 0.4) is 0 Å². The van der Waals surface area contributed by atoms with Crippen LogP contribution in [0.1, 0.15) is 40.0 Å². The lowest BCUT2D eigenvalue weighted by atomic mass is 9.90. The Morgan fingerprint density at radius 2 is 1.78 bits per heavy atom. The van der Waals surface area contributed by atoms with Crippen molar-refractivity contribution in [2.45, 2.75) is 58.2 Å². The number of nitrogens with two attached hydrogens (primary N) is 1. The molecule has 0 aromatic rings. The molecular formula is C14H27N3O. The Labute approximate surface area is 110 Å². The number of likely N-dealkylation sites (tertiary alicyclic amines) is 2. The molecule has 4 heteroatoms. The van der Waals surface area contributed by atoms with Crippen LogP contribution in [0, 0.1) is 5.92 Å². The molecule has 4 nitrogen and oxygen atoms in total. The first kappa shape index (κ1) is 13.8. The first-order valence-corrected chi connectivity index (χ1v) is 7.30. The van der Waals surface area contributed by atoms with Crippen LogP contribution >= 0.6 is 0 Å². The maximum Gasteiger partial charge on any atom is 0.240 e. The molecule has 0 aliphatic carbocycles. The highest BCUT2D eigenvalue weighted by molar-refractivity contribution is 5.83. The first-order valence-electron chi connectivity index (χ1n) is 7.30. The van der Waals surface area contributed by atoms with Gasteiger partial charge in [0.25, 0.3) is 0 Å². The van der Waals surface area contributed by atoms with Crippen molar-refractivity contribution >= 4 is 5.91 Å². The summed E-state index contributed by atoms with van der Waals surface area (Å²) in [4.78, 5) is 16.8. The quantitative estimate of drug-likeness (QED) is 0.800. The van der Waals surface area contributed by atoms with E-state index in [2.05, 4.69) is 30.6 Å². The van der Waals surface area contributed by atoms with Crippen molar-refractivity contribution in [1.29, 1.82) is 0 Å². The minimum Gasteiger partial charge on any atom is -0.338 e. The maximum atomic E-state index is 12.2. The van der Waals surface area contributed by atoms with E-state index in [1.807, 2.05) is 0 Å². The molecule has 2 saturated heterocycles. The predicted molar refractivity (Wildman–Crippen MR) is 73.2 cm³/mol. The summed E-state index contributed by atoms with van der Waals surface area (Å²) >= 11 is 0. The molecular weight excluding hydrogens is 226 g/mol.